The minimum Gasteiger partial charge on any atom is -0.469 e. The molecule has 4 heteroatoms. The zero-order chi connectivity index (χ0) is 26.7. The third-order valence-corrected chi connectivity index (χ3v) is 12.5. The molecule has 4 aliphatic rings. The van der Waals surface area contributed by atoms with Crippen LogP contribution in [0.15, 0.2) is 23.8 Å². The second-order valence-corrected chi connectivity index (χ2v) is 13.7. The van der Waals surface area contributed by atoms with E-state index in [1.54, 1.807) is 12.7 Å². The summed E-state index contributed by atoms with van der Waals surface area (Å²) in [5.74, 6) is 2.08. The molecule has 0 aliphatic heterocycles. The summed E-state index contributed by atoms with van der Waals surface area (Å²) in [4.78, 5) is 25.7. The van der Waals surface area contributed by atoms with Crippen molar-refractivity contribution in [3.05, 3.63) is 23.8 Å². The van der Waals surface area contributed by atoms with Crippen molar-refractivity contribution < 1.29 is 19.1 Å². The monoisotopic (exact) mass is 498 g/mol. The van der Waals surface area contributed by atoms with Crippen molar-refractivity contribution in [3.63, 3.8) is 0 Å². The van der Waals surface area contributed by atoms with Gasteiger partial charge in [0.1, 0.15) is 0 Å². The molecule has 0 aromatic heterocycles. The van der Waals surface area contributed by atoms with Crippen LogP contribution in [0, 0.1) is 51.2 Å². The predicted octanol–water partition coefficient (Wildman–Crippen LogP) is 7.53. The summed E-state index contributed by atoms with van der Waals surface area (Å²) in [5, 5.41) is 0. The van der Waals surface area contributed by atoms with E-state index in [9.17, 15) is 9.59 Å². The smallest absolute Gasteiger partial charge is 0.312 e. The molecule has 4 nitrogen and oxygen atoms in total. The Morgan fingerprint density at radius 3 is 2.33 bits per heavy atom. The summed E-state index contributed by atoms with van der Waals surface area (Å²) in [5.41, 5.74) is 2.54. The first kappa shape index (κ1) is 27.5. The number of esters is 2. The third kappa shape index (κ3) is 3.67. The number of ether oxygens (including phenoxy) is 2. The summed E-state index contributed by atoms with van der Waals surface area (Å²) in [6.45, 7) is 18.8. The lowest BCUT2D eigenvalue weighted by Gasteiger charge is -2.69. The third-order valence-electron chi connectivity index (χ3n) is 12.5. The molecule has 0 aromatic carbocycles. The van der Waals surface area contributed by atoms with E-state index < -0.39 is 0 Å². The van der Waals surface area contributed by atoms with Gasteiger partial charge in [0.25, 0.3) is 0 Å². The molecule has 0 N–H and O–H groups in total. The highest BCUT2D eigenvalue weighted by Gasteiger charge is 2.67. The molecule has 0 radical (unpaired) electrons. The highest BCUT2D eigenvalue weighted by atomic mass is 16.5. The fourth-order valence-electron chi connectivity index (χ4n) is 10.0. The van der Waals surface area contributed by atoms with Crippen molar-refractivity contribution in [2.75, 3.05) is 14.2 Å². The molecule has 36 heavy (non-hydrogen) atoms. The van der Waals surface area contributed by atoms with Gasteiger partial charge in [-0.05, 0) is 104 Å². The van der Waals surface area contributed by atoms with E-state index >= 15 is 0 Å². The lowest BCUT2D eigenvalue weighted by atomic mass is 9.35. The van der Waals surface area contributed by atoms with Crippen molar-refractivity contribution in [1.82, 2.24) is 0 Å². The summed E-state index contributed by atoms with van der Waals surface area (Å²) >= 11 is 0. The van der Waals surface area contributed by atoms with Crippen molar-refractivity contribution in [3.8, 4) is 0 Å². The molecule has 4 rings (SSSR count). The zero-order valence-corrected chi connectivity index (χ0v) is 24.2. The van der Waals surface area contributed by atoms with E-state index in [1.165, 1.54) is 19.1 Å². The summed E-state index contributed by atoms with van der Waals surface area (Å²) < 4.78 is 10.6. The van der Waals surface area contributed by atoms with E-state index in [4.69, 9.17) is 9.47 Å². The highest BCUT2D eigenvalue weighted by Crippen LogP contribution is 2.74. The largest absolute Gasteiger partial charge is 0.469 e. The van der Waals surface area contributed by atoms with E-state index in [0.717, 1.165) is 44.9 Å². The number of carbonyl (C=O) groups is 2. The number of hydrogen-bond acceptors (Lipinski definition) is 4. The van der Waals surface area contributed by atoms with E-state index in [2.05, 4.69) is 54.2 Å². The molecule has 0 saturated heterocycles. The van der Waals surface area contributed by atoms with Gasteiger partial charge in [-0.3, -0.25) is 9.59 Å². The number of fused-ring (bicyclic) bond motifs is 5. The first-order chi connectivity index (χ1) is 16.8. The molecule has 0 unspecified atom stereocenters. The molecule has 9 atom stereocenters. The standard InChI is InChI=1S/C32H50O4/c1-20(2)23-13-16-31(7)25(29(23,5)15-14-26(33)35-8)11-10-24-27-22(4)21(3)12-17-32(27,28(34)36-9)19-18-30(24,31)6/h10,21-23,25,27H,1,11-19H2,2-9H3/t21-,22+,23+,25-,27+,29+,30-,31-,32+/m1/s1. The van der Waals surface area contributed by atoms with Gasteiger partial charge in [-0.2, -0.15) is 0 Å². The second kappa shape index (κ2) is 9.31. The topological polar surface area (TPSA) is 52.6 Å². The van der Waals surface area contributed by atoms with Crippen LogP contribution in [0.1, 0.15) is 99.3 Å². The van der Waals surface area contributed by atoms with Crippen LogP contribution in [-0.4, -0.2) is 26.2 Å². The SMILES string of the molecule is C=C(C)[C@@H]1CC[C@]2(C)[C@H](CC=C3[C@@H]4[C@@H](C)[C@H](C)CC[C@]4(C(=O)OC)CC[C@]32C)[C@@]1(C)CCC(=O)OC. The average Bonchev–Trinajstić information content (AvgIpc) is 2.84. The van der Waals surface area contributed by atoms with E-state index in [-0.39, 0.29) is 39.5 Å². The van der Waals surface area contributed by atoms with Gasteiger partial charge in [-0.1, -0.05) is 58.4 Å². The zero-order valence-electron chi connectivity index (χ0n) is 24.2. The Kier molecular flexibility index (Phi) is 7.10. The quantitative estimate of drug-likeness (QED) is 0.290. The molecule has 0 spiro atoms. The molecular weight excluding hydrogens is 448 g/mol. The van der Waals surface area contributed by atoms with Gasteiger partial charge in [0.2, 0.25) is 0 Å². The molecule has 4 aliphatic carbocycles. The molecule has 3 fully saturated rings. The summed E-state index contributed by atoms with van der Waals surface area (Å²) in [6.07, 6.45) is 11.1. The van der Waals surface area contributed by atoms with Gasteiger partial charge >= 0.3 is 11.9 Å². The first-order valence-corrected chi connectivity index (χ1v) is 14.3. The Hall–Kier alpha value is -1.58. The number of allylic oxidation sites excluding steroid dienone is 3. The number of hydrogen-bond donors (Lipinski definition) is 0. The number of methoxy groups -OCH3 is 2. The van der Waals surface area contributed by atoms with Gasteiger partial charge < -0.3 is 9.47 Å². The minimum atomic E-state index is -0.377. The van der Waals surface area contributed by atoms with Crippen LogP contribution in [-0.2, 0) is 19.1 Å². The fraction of sp³-hybridized carbons (Fsp3) is 0.812. The summed E-state index contributed by atoms with van der Waals surface area (Å²) in [6, 6.07) is 0. The lowest BCUT2D eigenvalue weighted by Crippen LogP contribution is -2.63. The molecule has 0 heterocycles. The molecule has 202 valence electrons. The Balaban J connectivity index is 1.82. The van der Waals surface area contributed by atoms with Crippen LogP contribution >= 0.6 is 0 Å². The Morgan fingerprint density at radius 1 is 1.03 bits per heavy atom. The maximum atomic E-state index is 13.4. The Labute approximate surface area is 219 Å². The molecule has 3 saturated carbocycles. The van der Waals surface area contributed by atoms with Gasteiger partial charge in [0, 0.05) is 6.42 Å². The minimum absolute atomic E-state index is 0.00961. The van der Waals surface area contributed by atoms with Crippen LogP contribution in [0.2, 0.25) is 0 Å². The van der Waals surface area contributed by atoms with E-state index in [1.807, 2.05) is 0 Å². The molecular formula is C32H50O4. The molecule has 0 aromatic rings. The first-order valence-electron chi connectivity index (χ1n) is 14.3. The van der Waals surface area contributed by atoms with Crippen molar-refractivity contribution in [2.45, 2.75) is 99.3 Å². The normalized spacial score (nSPS) is 45.9. The Morgan fingerprint density at radius 2 is 1.72 bits per heavy atom. The second-order valence-electron chi connectivity index (χ2n) is 13.7. The van der Waals surface area contributed by atoms with Crippen LogP contribution in [0.25, 0.3) is 0 Å². The predicted molar refractivity (Wildman–Crippen MR) is 144 cm³/mol. The Bertz CT molecular complexity index is 950. The summed E-state index contributed by atoms with van der Waals surface area (Å²) in [7, 11) is 3.06. The van der Waals surface area contributed by atoms with Crippen LogP contribution < -0.4 is 0 Å². The van der Waals surface area contributed by atoms with Crippen LogP contribution in [0.4, 0.5) is 0 Å². The van der Waals surface area contributed by atoms with Crippen molar-refractivity contribution in [1.29, 1.82) is 0 Å². The highest BCUT2D eigenvalue weighted by molar-refractivity contribution is 5.78. The maximum Gasteiger partial charge on any atom is 0.312 e. The van der Waals surface area contributed by atoms with Crippen LogP contribution in [0.3, 0.4) is 0 Å². The van der Waals surface area contributed by atoms with Crippen molar-refractivity contribution >= 4 is 11.9 Å². The fourth-order valence-corrected chi connectivity index (χ4v) is 10.0. The molecule has 0 bridgehead atoms. The van der Waals surface area contributed by atoms with Gasteiger partial charge in [-0.25, -0.2) is 0 Å². The number of rotatable bonds is 5. The van der Waals surface area contributed by atoms with Gasteiger partial charge in [0.05, 0.1) is 19.6 Å². The molecule has 0 amide bonds. The number of carbonyl (C=O) groups excluding carboxylic acids is 2. The van der Waals surface area contributed by atoms with E-state index in [0.29, 0.717) is 30.1 Å². The average molecular weight is 499 g/mol. The van der Waals surface area contributed by atoms with Crippen LogP contribution in [0.5, 0.6) is 0 Å². The maximum absolute atomic E-state index is 13.4. The van der Waals surface area contributed by atoms with Gasteiger partial charge in [0.15, 0.2) is 0 Å². The van der Waals surface area contributed by atoms with Crippen molar-refractivity contribution in [2.24, 2.45) is 51.2 Å². The lowest BCUT2D eigenvalue weighted by molar-refractivity contribution is -0.177. The van der Waals surface area contributed by atoms with Gasteiger partial charge in [-0.15, -0.1) is 0 Å².